The summed E-state index contributed by atoms with van der Waals surface area (Å²) in [5.74, 6) is 0.498. The molecule has 2 rings (SSSR count). The number of rotatable bonds is 2. The van der Waals surface area contributed by atoms with Gasteiger partial charge in [0.2, 0.25) is 0 Å². The van der Waals surface area contributed by atoms with Crippen LogP contribution in [0.15, 0.2) is 12.1 Å². The van der Waals surface area contributed by atoms with Crippen molar-refractivity contribution in [2.45, 2.75) is 25.7 Å². The molecule has 0 bridgehead atoms. The lowest BCUT2D eigenvalue weighted by Gasteiger charge is -2.21. The van der Waals surface area contributed by atoms with Crippen molar-refractivity contribution >= 4 is 6.29 Å². The van der Waals surface area contributed by atoms with E-state index in [4.69, 9.17) is 4.74 Å². The Kier molecular flexibility index (Phi) is 3.11. The average Bonchev–Trinajstić information content (AvgIpc) is 2.30. The predicted molar refractivity (Wildman–Crippen MR) is 57.2 cm³/mol. The zero-order valence-electron chi connectivity index (χ0n) is 8.90. The summed E-state index contributed by atoms with van der Waals surface area (Å²) < 4.78 is 5.31. The summed E-state index contributed by atoms with van der Waals surface area (Å²) in [6.45, 7) is 3.52. The highest BCUT2D eigenvalue weighted by Gasteiger charge is 2.17. The van der Waals surface area contributed by atoms with Crippen molar-refractivity contribution in [1.29, 1.82) is 0 Å². The lowest BCUT2D eigenvalue weighted by Crippen LogP contribution is -2.15. The Morgan fingerprint density at radius 3 is 2.73 bits per heavy atom. The van der Waals surface area contributed by atoms with Crippen molar-refractivity contribution < 1.29 is 9.53 Å². The Balaban J connectivity index is 2.21. The average molecular weight is 205 g/mol. The zero-order chi connectivity index (χ0) is 10.7. The number of nitrogens with zero attached hydrogens (tertiary/aromatic N) is 1. The Hall–Kier alpha value is -1.22. The first-order valence-electron chi connectivity index (χ1n) is 5.31. The lowest BCUT2D eigenvalue weighted by molar-refractivity contribution is 0.0844. The monoisotopic (exact) mass is 205 g/mol. The fraction of sp³-hybridized carbons (Fsp3) is 0.500. The summed E-state index contributed by atoms with van der Waals surface area (Å²) >= 11 is 0. The second kappa shape index (κ2) is 4.53. The van der Waals surface area contributed by atoms with Crippen LogP contribution in [0.1, 0.15) is 40.5 Å². The molecule has 0 atom stereocenters. The summed E-state index contributed by atoms with van der Waals surface area (Å²) in [7, 11) is 0. The van der Waals surface area contributed by atoms with Crippen LogP contribution in [0.2, 0.25) is 0 Å². The first kappa shape index (κ1) is 10.3. The molecule has 1 aromatic rings. The second-order valence-corrected chi connectivity index (χ2v) is 3.92. The SMILES string of the molecule is Cc1nc(C2CCOCC2)ccc1C=O. The van der Waals surface area contributed by atoms with E-state index in [2.05, 4.69) is 4.98 Å². The topological polar surface area (TPSA) is 39.2 Å². The van der Waals surface area contributed by atoms with E-state index < -0.39 is 0 Å². The number of hydrogen-bond acceptors (Lipinski definition) is 3. The highest BCUT2D eigenvalue weighted by Crippen LogP contribution is 2.25. The molecule has 2 heterocycles. The second-order valence-electron chi connectivity index (χ2n) is 3.92. The summed E-state index contributed by atoms with van der Waals surface area (Å²) in [5, 5.41) is 0. The molecular formula is C12H15NO2. The van der Waals surface area contributed by atoms with Gasteiger partial charge in [0.15, 0.2) is 6.29 Å². The van der Waals surface area contributed by atoms with Gasteiger partial charge >= 0.3 is 0 Å². The van der Waals surface area contributed by atoms with Gasteiger partial charge in [0.25, 0.3) is 0 Å². The van der Waals surface area contributed by atoms with Crippen molar-refractivity contribution in [2.24, 2.45) is 0 Å². The van der Waals surface area contributed by atoms with E-state index in [1.165, 1.54) is 0 Å². The maximum absolute atomic E-state index is 10.7. The van der Waals surface area contributed by atoms with Crippen molar-refractivity contribution in [3.63, 3.8) is 0 Å². The van der Waals surface area contributed by atoms with Gasteiger partial charge in [-0.25, -0.2) is 0 Å². The number of aromatic nitrogens is 1. The molecule has 0 spiro atoms. The number of hydrogen-bond donors (Lipinski definition) is 0. The van der Waals surface area contributed by atoms with E-state index in [1.807, 2.05) is 19.1 Å². The van der Waals surface area contributed by atoms with Gasteiger partial charge in [-0.05, 0) is 31.9 Å². The highest BCUT2D eigenvalue weighted by atomic mass is 16.5. The fourth-order valence-electron chi connectivity index (χ4n) is 1.94. The van der Waals surface area contributed by atoms with E-state index in [0.717, 1.165) is 43.7 Å². The van der Waals surface area contributed by atoms with Gasteiger partial charge < -0.3 is 4.74 Å². The molecule has 0 amide bonds. The Morgan fingerprint density at radius 2 is 2.13 bits per heavy atom. The maximum Gasteiger partial charge on any atom is 0.151 e. The van der Waals surface area contributed by atoms with E-state index in [-0.39, 0.29) is 0 Å². The number of aldehydes is 1. The smallest absolute Gasteiger partial charge is 0.151 e. The van der Waals surface area contributed by atoms with Gasteiger partial charge in [-0.2, -0.15) is 0 Å². The molecule has 3 heteroatoms. The molecule has 0 radical (unpaired) electrons. The van der Waals surface area contributed by atoms with Gasteiger partial charge in [0, 0.05) is 36.1 Å². The third kappa shape index (κ3) is 2.23. The largest absolute Gasteiger partial charge is 0.381 e. The van der Waals surface area contributed by atoms with Crippen molar-refractivity contribution in [1.82, 2.24) is 4.98 Å². The molecule has 15 heavy (non-hydrogen) atoms. The molecule has 1 fully saturated rings. The first-order chi connectivity index (χ1) is 7.31. The molecule has 1 saturated heterocycles. The summed E-state index contributed by atoms with van der Waals surface area (Å²) in [6, 6.07) is 3.83. The van der Waals surface area contributed by atoms with E-state index >= 15 is 0 Å². The third-order valence-corrected chi connectivity index (χ3v) is 2.91. The van der Waals surface area contributed by atoms with Gasteiger partial charge in [0.1, 0.15) is 0 Å². The van der Waals surface area contributed by atoms with Gasteiger partial charge in [-0.3, -0.25) is 9.78 Å². The van der Waals surface area contributed by atoms with Crippen molar-refractivity contribution in [3.8, 4) is 0 Å². The molecule has 1 aromatic heterocycles. The van der Waals surface area contributed by atoms with Gasteiger partial charge in [-0.15, -0.1) is 0 Å². The van der Waals surface area contributed by atoms with Crippen LogP contribution in [0.3, 0.4) is 0 Å². The number of aryl methyl sites for hydroxylation is 1. The predicted octanol–water partition coefficient (Wildman–Crippen LogP) is 2.10. The Morgan fingerprint density at radius 1 is 1.40 bits per heavy atom. The summed E-state index contributed by atoms with van der Waals surface area (Å²) in [6.07, 6.45) is 2.93. The van der Waals surface area contributed by atoms with Crippen LogP contribution in [0, 0.1) is 6.92 Å². The Bertz CT molecular complexity index is 357. The van der Waals surface area contributed by atoms with Crippen LogP contribution in [0.25, 0.3) is 0 Å². The fourth-order valence-corrected chi connectivity index (χ4v) is 1.94. The van der Waals surface area contributed by atoms with Gasteiger partial charge in [-0.1, -0.05) is 0 Å². The van der Waals surface area contributed by atoms with E-state index in [0.29, 0.717) is 11.5 Å². The summed E-state index contributed by atoms with van der Waals surface area (Å²) in [5.41, 5.74) is 2.61. The number of ether oxygens (including phenoxy) is 1. The molecule has 0 aliphatic carbocycles. The van der Waals surface area contributed by atoms with Crippen LogP contribution in [0.5, 0.6) is 0 Å². The van der Waals surface area contributed by atoms with Crippen LogP contribution >= 0.6 is 0 Å². The number of carbonyl (C=O) groups is 1. The quantitative estimate of drug-likeness (QED) is 0.694. The van der Waals surface area contributed by atoms with Crippen molar-refractivity contribution in [3.05, 3.63) is 29.1 Å². The van der Waals surface area contributed by atoms with E-state index in [1.54, 1.807) is 0 Å². The highest BCUT2D eigenvalue weighted by molar-refractivity contribution is 5.76. The van der Waals surface area contributed by atoms with Crippen LogP contribution in [-0.4, -0.2) is 24.5 Å². The minimum atomic E-state index is 0.498. The third-order valence-electron chi connectivity index (χ3n) is 2.91. The molecule has 3 nitrogen and oxygen atoms in total. The molecule has 0 unspecified atom stereocenters. The zero-order valence-corrected chi connectivity index (χ0v) is 8.90. The molecule has 0 aromatic carbocycles. The lowest BCUT2D eigenvalue weighted by atomic mass is 9.95. The number of carbonyl (C=O) groups excluding carboxylic acids is 1. The minimum absolute atomic E-state index is 0.498. The van der Waals surface area contributed by atoms with Crippen LogP contribution in [0.4, 0.5) is 0 Å². The van der Waals surface area contributed by atoms with Crippen LogP contribution < -0.4 is 0 Å². The standard InChI is InChI=1S/C12H15NO2/c1-9-11(8-14)2-3-12(13-9)10-4-6-15-7-5-10/h2-3,8,10H,4-7H2,1H3. The molecule has 1 aliphatic heterocycles. The maximum atomic E-state index is 10.7. The Labute approximate surface area is 89.5 Å². The first-order valence-corrected chi connectivity index (χ1v) is 5.31. The van der Waals surface area contributed by atoms with E-state index in [9.17, 15) is 4.79 Å². The van der Waals surface area contributed by atoms with Gasteiger partial charge in [0.05, 0.1) is 0 Å². The minimum Gasteiger partial charge on any atom is -0.381 e. The molecule has 0 saturated carbocycles. The normalized spacial score (nSPS) is 17.7. The van der Waals surface area contributed by atoms with Crippen LogP contribution in [-0.2, 0) is 4.74 Å². The van der Waals surface area contributed by atoms with Crippen molar-refractivity contribution in [2.75, 3.05) is 13.2 Å². The summed E-state index contributed by atoms with van der Waals surface area (Å²) in [4.78, 5) is 15.1. The molecule has 80 valence electrons. The molecule has 1 aliphatic rings. The molecular weight excluding hydrogens is 190 g/mol. The number of pyridine rings is 1. The molecule has 0 N–H and O–H groups in total.